The minimum absolute atomic E-state index is 0.131. The van der Waals surface area contributed by atoms with Gasteiger partial charge in [-0.25, -0.2) is 26.4 Å². The quantitative estimate of drug-likeness (QED) is 0.786. The molecule has 2 aromatic carbocycles. The molecule has 0 saturated carbocycles. The highest BCUT2D eigenvalue weighted by molar-refractivity contribution is 7.90. The van der Waals surface area contributed by atoms with E-state index in [0.29, 0.717) is 5.56 Å². The van der Waals surface area contributed by atoms with Gasteiger partial charge in [-0.05, 0) is 42.8 Å². The van der Waals surface area contributed by atoms with Crippen LogP contribution in [-0.4, -0.2) is 34.2 Å². The number of carbonyl (C=O) groups is 1. The molecule has 2 rings (SSSR count). The van der Waals surface area contributed by atoms with Gasteiger partial charge in [-0.1, -0.05) is 18.2 Å². The van der Waals surface area contributed by atoms with E-state index in [2.05, 4.69) is 4.72 Å². The second kappa shape index (κ2) is 6.95. The molecule has 0 unspecified atom stereocenters. The number of sulfonamides is 1. The van der Waals surface area contributed by atoms with Crippen LogP contribution in [0.2, 0.25) is 0 Å². The average molecular weight is 383 g/mol. The summed E-state index contributed by atoms with van der Waals surface area (Å²) in [6, 6.07) is 10.2. The predicted octanol–water partition coefficient (Wildman–Crippen LogP) is 1.83. The molecule has 0 radical (unpaired) electrons. The van der Waals surface area contributed by atoms with Gasteiger partial charge in [0.2, 0.25) is 10.0 Å². The van der Waals surface area contributed by atoms with E-state index in [0.717, 1.165) is 12.3 Å². The monoisotopic (exact) mass is 383 g/mol. The van der Waals surface area contributed by atoms with Crippen LogP contribution in [0.3, 0.4) is 0 Å². The molecule has 0 saturated heterocycles. The third-order valence-corrected chi connectivity index (χ3v) is 6.20. The summed E-state index contributed by atoms with van der Waals surface area (Å²) in [5.41, 5.74) is 0.443. The standard InChI is InChI=1S/C16H17NO6S2/c1-11(12-6-8-14(9-7-12)24(2,20)21)17-25(22,23)15-5-3-4-13(10-15)16(18)19/h3-11,17H,1-2H3,(H,18,19)/t11-/m0/s1. The van der Waals surface area contributed by atoms with Gasteiger partial charge in [-0.2, -0.15) is 0 Å². The van der Waals surface area contributed by atoms with Gasteiger partial charge in [0, 0.05) is 12.3 Å². The minimum Gasteiger partial charge on any atom is -0.478 e. The second-order valence-corrected chi connectivity index (χ2v) is 9.25. The Morgan fingerprint density at radius 2 is 1.60 bits per heavy atom. The topological polar surface area (TPSA) is 118 Å². The lowest BCUT2D eigenvalue weighted by atomic mass is 10.1. The normalized spacial score (nSPS) is 13.4. The van der Waals surface area contributed by atoms with Gasteiger partial charge in [-0.3, -0.25) is 0 Å². The smallest absolute Gasteiger partial charge is 0.335 e. The predicted molar refractivity (Wildman–Crippen MR) is 91.7 cm³/mol. The maximum absolute atomic E-state index is 12.4. The number of nitrogens with one attached hydrogen (secondary N) is 1. The van der Waals surface area contributed by atoms with Gasteiger partial charge in [0.25, 0.3) is 0 Å². The van der Waals surface area contributed by atoms with Gasteiger partial charge in [0.1, 0.15) is 0 Å². The highest BCUT2D eigenvalue weighted by atomic mass is 32.2. The number of hydrogen-bond donors (Lipinski definition) is 2. The summed E-state index contributed by atoms with van der Waals surface area (Å²) in [5, 5.41) is 8.96. The van der Waals surface area contributed by atoms with Crippen LogP contribution in [0.1, 0.15) is 28.9 Å². The lowest BCUT2D eigenvalue weighted by Gasteiger charge is -2.15. The molecule has 25 heavy (non-hydrogen) atoms. The molecular formula is C16H17NO6S2. The summed E-state index contributed by atoms with van der Waals surface area (Å²) in [4.78, 5) is 11.0. The van der Waals surface area contributed by atoms with Gasteiger partial charge in [0.05, 0.1) is 15.4 Å². The highest BCUT2D eigenvalue weighted by Crippen LogP contribution is 2.19. The van der Waals surface area contributed by atoms with E-state index >= 15 is 0 Å². The lowest BCUT2D eigenvalue weighted by molar-refractivity contribution is 0.0696. The Kier molecular flexibility index (Phi) is 5.31. The van der Waals surface area contributed by atoms with Crippen molar-refractivity contribution in [3.05, 3.63) is 59.7 Å². The molecule has 0 amide bonds. The molecule has 2 aromatic rings. The van der Waals surface area contributed by atoms with Crippen molar-refractivity contribution >= 4 is 25.8 Å². The zero-order chi connectivity index (χ0) is 18.8. The lowest BCUT2D eigenvalue weighted by Crippen LogP contribution is -2.27. The Balaban J connectivity index is 2.25. The van der Waals surface area contributed by atoms with Crippen molar-refractivity contribution in [3.63, 3.8) is 0 Å². The molecular weight excluding hydrogens is 366 g/mol. The molecule has 0 bridgehead atoms. The maximum atomic E-state index is 12.4. The molecule has 0 spiro atoms. The first-order valence-electron chi connectivity index (χ1n) is 7.16. The third kappa shape index (κ3) is 4.65. The van der Waals surface area contributed by atoms with Crippen molar-refractivity contribution in [1.29, 1.82) is 0 Å². The molecule has 2 N–H and O–H groups in total. The Morgan fingerprint density at radius 1 is 1.00 bits per heavy atom. The van der Waals surface area contributed by atoms with Crippen LogP contribution in [0.15, 0.2) is 58.3 Å². The summed E-state index contributed by atoms with van der Waals surface area (Å²) in [6.07, 6.45) is 1.09. The molecule has 9 heteroatoms. The summed E-state index contributed by atoms with van der Waals surface area (Å²) in [6.45, 7) is 1.61. The molecule has 0 heterocycles. The van der Waals surface area contributed by atoms with Gasteiger partial charge in [0.15, 0.2) is 9.84 Å². The van der Waals surface area contributed by atoms with Crippen LogP contribution in [0.4, 0.5) is 0 Å². The SMILES string of the molecule is C[C@H](NS(=O)(=O)c1cccc(C(=O)O)c1)c1ccc(S(C)(=O)=O)cc1. The third-order valence-electron chi connectivity index (χ3n) is 3.53. The fourth-order valence-electron chi connectivity index (χ4n) is 2.17. The molecule has 0 fully saturated rings. The van der Waals surface area contributed by atoms with Crippen LogP contribution >= 0.6 is 0 Å². The van der Waals surface area contributed by atoms with Crippen LogP contribution < -0.4 is 4.72 Å². The van der Waals surface area contributed by atoms with Crippen LogP contribution in [0.25, 0.3) is 0 Å². The first kappa shape index (κ1) is 19.1. The number of carboxylic acid groups (broad SMARTS) is 1. The zero-order valence-electron chi connectivity index (χ0n) is 13.5. The minimum atomic E-state index is -3.93. The molecule has 0 aliphatic rings. The molecule has 134 valence electrons. The number of hydrogen-bond acceptors (Lipinski definition) is 5. The number of carboxylic acids is 1. The van der Waals surface area contributed by atoms with Crippen LogP contribution in [0.5, 0.6) is 0 Å². The molecule has 7 nitrogen and oxygen atoms in total. The maximum Gasteiger partial charge on any atom is 0.335 e. The van der Waals surface area contributed by atoms with Gasteiger partial charge >= 0.3 is 5.97 Å². The summed E-state index contributed by atoms with van der Waals surface area (Å²) >= 11 is 0. The van der Waals surface area contributed by atoms with Crippen molar-refractivity contribution in [3.8, 4) is 0 Å². The molecule has 1 atom stereocenters. The Morgan fingerprint density at radius 3 is 2.12 bits per heavy atom. The summed E-state index contributed by atoms with van der Waals surface area (Å²) < 4.78 is 50.2. The fraction of sp³-hybridized carbons (Fsp3) is 0.188. The number of rotatable bonds is 6. The van der Waals surface area contributed by atoms with E-state index in [-0.39, 0.29) is 15.4 Å². The van der Waals surface area contributed by atoms with Crippen molar-refractivity contribution in [2.24, 2.45) is 0 Å². The molecule has 0 aliphatic carbocycles. The van der Waals surface area contributed by atoms with E-state index in [4.69, 9.17) is 5.11 Å². The van der Waals surface area contributed by atoms with E-state index in [1.807, 2.05) is 0 Å². The van der Waals surface area contributed by atoms with Crippen LogP contribution in [-0.2, 0) is 19.9 Å². The van der Waals surface area contributed by atoms with E-state index < -0.39 is 31.9 Å². The molecule has 0 aromatic heterocycles. The summed E-state index contributed by atoms with van der Waals surface area (Å²) in [5.74, 6) is -1.22. The van der Waals surface area contributed by atoms with Crippen LogP contribution in [0, 0.1) is 0 Å². The van der Waals surface area contributed by atoms with E-state index in [1.54, 1.807) is 6.92 Å². The Hall–Kier alpha value is -2.23. The second-order valence-electron chi connectivity index (χ2n) is 5.52. The van der Waals surface area contributed by atoms with Gasteiger partial charge in [-0.15, -0.1) is 0 Å². The van der Waals surface area contributed by atoms with E-state index in [1.165, 1.54) is 42.5 Å². The van der Waals surface area contributed by atoms with Crippen molar-refractivity contribution < 1.29 is 26.7 Å². The Labute approximate surface area is 146 Å². The zero-order valence-corrected chi connectivity index (χ0v) is 15.1. The highest BCUT2D eigenvalue weighted by Gasteiger charge is 2.20. The van der Waals surface area contributed by atoms with E-state index in [9.17, 15) is 21.6 Å². The first-order valence-corrected chi connectivity index (χ1v) is 10.5. The largest absolute Gasteiger partial charge is 0.478 e. The number of sulfone groups is 1. The summed E-state index contributed by atoms with van der Waals surface area (Å²) in [7, 11) is -7.26. The van der Waals surface area contributed by atoms with Crippen molar-refractivity contribution in [2.75, 3.05) is 6.26 Å². The average Bonchev–Trinajstić information content (AvgIpc) is 2.54. The molecule has 0 aliphatic heterocycles. The Bertz CT molecular complexity index is 995. The number of benzene rings is 2. The first-order chi connectivity index (χ1) is 11.5. The fourth-order valence-corrected chi connectivity index (χ4v) is 4.08. The van der Waals surface area contributed by atoms with Gasteiger partial charge < -0.3 is 5.11 Å². The number of aromatic carboxylic acids is 1. The van der Waals surface area contributed by atoms with Crippen molar-refractivity contribution in [2.45, 2.75) is 22.8 Å². The van der Waals surface area contributed by atoms with Crippen molar-refractivity contribution in [1.82, 2.24) is 4.72 Å².